The average molecular weight is 349 g/mol. The number of carboxylic acid groups (broad SMARTS) is 1. The van der Waals surface area contributed by atoms with Crippen molar-refractivity contribution in [3.63, 3.8) is 0 Å². The van der Waals surface area contributed by atoms with Gasteiger partial charge in [-0.05, 0) is 33.2 Å². The second-order valence-electron chi connectivity index (χ2n) is 6.18. The smallest absolute Gasteiger partial charge is 0.303 e. The summed E-state index contributed by atoms with van der Waals surface area (Å²) in [5.74, 6) is -0.992. The summed E-state index contributed by atoms with van der Waals surface area (Å²) in [4.78, 5) is 38.3. The predicted octanol–water partition coefficient (Wildman–Crippen LogP) is 1.17. The zero-order valence-corrected chi connectivity index (χ0v) is 14.6. The molecule has 1 unspecified atom stereocenters. The largest absolute Gasteiger partial charge is 0.481 e. The minimum atomic E-state index is -1.02. The number of aliphatic carboxylic acids is 1. The summed E-state index contributed by atoms with van der Waals surface area (Å²) in [6, 6.07) is 5.05. The number of carbonyl (C=O) groups excluding carboxylic acids is 2. The SMILES string of the molecule is CC1Oc2cc(NC(=O)CCC(=O)O)ccc2N(CCN(C)C)C1=O. The van der Waals surface area contributed by atoms with E-state index in [2.05, 4.69) is 5.32 Å². The van der Waals surface area contributed by atoms with Gasteiger partial charge < -0.3 is 25.0 Å². The summed E-state index contributed by atoms with van der Waals surface area (Å²) >= 11 is 0. The number of fused-ring (bicyclic) bond motifs is 1. The number of benzene rings is 1. The maximum Gasteiger partial charge on any atom is 0.303 e. The van der Waals surface area contributed by atoms with Crippen molar-refractivity contribution in [2.24, 2.45) is 0 Å². The highest BCUT2D eigenvalue weighted by Crippen LogP contribution is 2.36. The van der Waals surface area contributed by atoms with Crippen LogP contribution in [0.5, 0.6) is 5.75 Å². The molecule has 2 N–H and O–H groups in total. The molecular formula is C17H23N3O5. The first-order valence-electron chi connectivity index (χ1n) is 8.06. The van der Waals surface area contributed by atoms with E-state index in [1.165, 1.54) is 0 Å². The van der Waals surface area contributed by atoms with E-state index in [1.54, 1.807) is 30.0 Å². The van der Waals surface area contributed by atoms with Gasteiger partial charge in [0.15, 0.2) is 6.10 Å². The summed E-state index contributed by atoms with van der Waals surface area (Å²) in [7, 11) is 3.87. The third-order valence-electron chi connectivity index (χ3n) is 3.79. The van der Waals surface area contributed by atoms with E-state index in [9.17, 15) is 14.4 Å². The monoisotopic (exact) mass is 349 g/mol. The highest BCUT2D eigenvalue weighted by atomic mass is 16.5. The van der Waals surface area contributed by atoms with Crippen LogP contribution in [0, 0.1) is 0 Å². The van der Waals surface area contributed by atoms with Gasteiger partial charge in [-0.25, -0.2) is 0 Å². The van der Waals surface area contributed by atoms with Gasteiger partial charge in [0.25, 0.3) is 5.91 Å². The molecule has 1 aliphatic rings. The first-order chi connectivity index (χ1) is 11.8. The summed E-state index contributed by atoms with van der Waals surface area (Å²) < 4.78 is 5.65. The molecule has 1 heterocycles. The number of likely N-dealkylation sites (N-methyl/N-ethyl adjacent to an activating group) is 1. The summed E-state index contributed by atoms with van der Waals surface area (Å²) in [5, 5.41) is 11.3. The van der Waals surface area contributed by atoms with Gasteiger partial charge in [-0.3, -0.25) is 14.4 Å². The lowest BCUT2D eigenvalue weighted by Crippen LogP contribution is -2.46. The molecule has 8 nitrogen and oxygen atoms in total. The number of hydrogen-bond donors (Lipinski definition) is 2. The molecule has 0 spiro atoms. The minimum absolute atomic E-state index is 0.100. The van der Waals surface area contributed by atoms with Crippen LogP contribution in [-0.2, 0) is 14.4 Å². The van der Waals surface area contributed by atoms with Crippen LogP contribution in [0.4, 0.5) is 11.4 Å². The number of carbonyl (C=O) groups is 3. The lowest BCUT2D eigenvalue weighted by Gasteiger charge is -2.34. The van der Waals surface area contributed by atoms with Crippen LogP contribution >= 0.6 is 0 Å². The van der Waals surface area contributed by atoms with Crippen LogP contribution in [0.3, 0.4) is 0 Å². The molecular weight excluding hydrogens is 326 g/mol. The van der Waals surface area contributed by atoms with Crippen LogP contribution in [0.1, 0.15) is 19.8 Å². The standard InChI is InChI=1S/C17H23N3O5/c1-11-17(24)20(9-8-19(2)3)13-5-4-12(10-14(13)25-11)18-15(21)6-7-16(22)23/h4-5,10-11H,6-9H2,1-3H3,(H,18,21)(H,22,23). The summed E-state index contributed by atoms with van der Waals surface area (Å²) in [6.45, 7) is 2.94. The first-order valence-corrected chi connectivity index (χ1v) is 8.06. The topological polar surface area (TPSA) is 99.2 Å². The Balaban J connectivity index is 2.14. The molecule has 0 radical (unpaired) electrons. The molecule has 0 aromatic heterocycles. The van der Waals surface area contributed by atoms with E-state index in [0.717, 1.165) is 0 Å². The number of nitrogens with one attached hydrogen (secondary N) is 1. The molecule has 8 heteroatoms. The van der Waals surface area contributed by atoms with Crippen molar-refractivity contribution in [1.29, 1.82) is 0 Å². The van der Waals surface area contributed by atoms with Gasteiger partial charge in [0.05, 0.1) is 12.1 Å². The predicted molar refractivity (Wildman–Crippen MR) is 92.9 cm³/mol. The lowest BCUT2D eigenvalue weighted by atomic mass is 10.1. The van der Waals surface area contributed by atoms with Gasteiger partial charge in [0.1, 0.15) is 5.75 Å². The van der Waals surface area contributed by atoms with Gasteiger partial charge in [-0.2, -0.15) is 0 Å². The molecule has 0 fully saturated rings. The van der Waals surface area contributed by atoms with Crippen LogP contribution in [-0.4, -0.2) is 61.1 Å². The fraction of sp³-hybridized carbons (Fsp3) is 0.471. The van der Waals surface area contributed by atoms with Crippen molar-refractivity contribution in [1.82, 2.24) is 4.90 Å². The van der Waals surface area contributed by atoms with Crippen LogP contribution in [0.25, 0.3) is 0 Å². The highest BCUT2D eigenvalue weighted by molar-refractivity contribution is 6.00. The third-order valence-corrected chi connectivity index (χ3v) is 3.79. The Bertz CT molecular complexity index is 674. The van der Waals surface area contributed by atoms with E-state index in [-0.39, 0.29) is 24.7 Å². The molecule has 136 valence electrons. The van der Waals surface area contributed by atoms with Gasteiger partial charge in [0, 0.05) is 31.3 Å². The molecule has 0 bridgehead atoms. The lowest BCUT2D eigenvalue weighted by molar-refractivity contribution is -0.138. The van der Waals surface area contributed by atoms with Crippen LogP contribution < -0.4 is 15.0 Å². The van der Waals surface area contributed by atoms with Crippen LogP contribution in [0.2, 0.25) is 0 Å². The quantitative estimate of drug-likeness (QED) is 0.766. The number of nitrogens with zero attached hydrogens (tertiary/aromatic N) is 2. The molecule has 2 amide bonds. The fourth-order valence-electron chi connectivity index (χ4n) is 2.46. The van der Waals surface area contributed by atoms with Gasteiger partial charge in [-0.15, -0.1) is 0 Å². The summed E-state index contributed by atoms with van der Waals surface area (Å²) in [5.41, 5.74) is 1.16. The second-order valence-corrected chi connectivity index (χ2v) is 6.18. The highest BCUT2D eigenvalue weighted by Gasteiger charge is 2.31. The Hall–Kier alpha value is -2.61. The van der Waals surface area contributed by atoms with Crippen molar-refractivity contribution in [2.75, 3.05) is 37.4 Å². The van der Waals surface area contributed by atoms with E-state index >= 15 is 0 Å². The second kappa shape index (κ2) is 7.98. The van der Waals surface area contributed by atoms with Crippen LogP contribution in [0.15, 0.2) is 18.2 Å². The molecule has 1 atom stereocenters. The van der Waals surface area contributed by atoms with Gasteiger partial charge >= 0.3 is 5.97 Å². The maximum atomic E-state index is 12.4. The Morgan fingerprint density at radius 1 is 1.32 bits per heavy atom. The van der Waals surface area contributed by atoms with Gasteiger partial charge in [0.2, 0.25) is 5.91 Å². The van der Waals surface area contributed by atoms with Crippen molar-refractivity contribution in [3.05, 3.63) is 18.2 Å². The Morgan fingerprint density at radius 3 is 2.68 bits per heavy atom. The third kappa shape index (κ3) is 4.93. The van der Waals surface area contributed by atoms with E-state index < -0.39 is 12.1 Å². The van der Waals surface area contributed by atoms with Crippen molar-refractivity contribution < 1.29 is 24.2 Å². The van der Waals surface area contributed by atoms with E-state index in [0.29, 0.717) is 30.2 Å². The molecule has 25 heavy (non-hydrogen) atoms. The molecule has 1 aromatic carbocycles. The Labute approximate surface area is 146 Å². The molecule has 0 saturated carbocycles. The van der Waals surface area contributed by atoms with E-state index in [4.69, 9.17) is 9.84 Å². The summed E-state index contributed by atoms with van der Waals surface area (Å²) in [6.07, 6.45) is -0.929. The molecule has 0 aliphatic carbocycles. The Kier molecular flexibility index (Phi) is 5.97. The van der Waals surface area contributed by atoms with Crippen molar-refractivity contribution in [3.8, 4) is 5.75 Å². The van der Waals surface area contributed by atoms with E-state index in [1.807, 2.05) is 19.0 Å². The van der Waals surface area contributed by atoms with Crippen molar-refractivity contribution >= 4 is 29.2 Å². The number of ether oxygens (including phenoxy) is 1. The normalized spacial score (nSPS) is 16.4. The zero-order valence-electron chi connectivity index (χ0n) is 14.6. The van der Waals surface area contributed by atoms with Gasteiger partial charge in [-0.1, -0.05) is 0 Å². The number of hydrogen-bond acceptors (Lipinski definition) is 5. The first kappa shape index (κ1) is 18.7. The average Bonchev–Trinajstić information content (AvgIpc) is 2.53. The number of amides is 2. The number of carboxylic acids is 1. The number of rotatable bonds is 7. The Morgan fingerprint density at radius 2 is 2.04 bits per heavy atom. The van der Waals surface area contributed by atoms with Crippen molar-refractivity contribution in [2.45, 2.75) is 25.9 Å². The molecule has 0 saturated heterocycles. The zero-order chi connectivity index (χ0) is 18.6. The molecule has 1 aromatic rings. The molecule has 2 rings (SSSR count). The molecule has 1 aliphatic heterocycles. The maximum absolute atomic E-state index is 12.4. The number of anilines is 2. The minimum Gasteiger partial charge on any atom is -0.481 e. The fourth-order valence-corrected chi connectivity index (χ4v) is 2.46.